The van der Waals surface area contributed by atoms with Gasteiger partial charge in [-0.2, -0.15) is 0 Å². The smallest absolute Gasteiger partial charge is 0.360 e. The largest absolute Gasteiger partial charge is 0.458 e. The predicted octanol–water partition coefficient (Wildman–Crippen LogP) is 8.24. The number of carbonyl (C=O) groups excluding carboxylic acids is 2. The molecule has 5 heteroatoms. The average Bonchev–Trinajstić information content (AvgIpc) is 3.56. The molecule has 0 saturated carbocycles. The summed E-state index contributed by atoms with van der Waals surface area (Å²) in [5.41, 5.74) is -0.332. The first-order valence-electron chi connectivity index (χ1n) is 17.0. The first kappa shape index (κ1) is 30.8. The lowest BCUT2D eigenvalue weighted by Crippen LogP contribution is -2.60. The molecule has 3 fully saturated rings. The number of hydrogen-bond donors (Lipinski definition) is 0. The molecule has 0 amide bonds. The Labute approximate surface area is 253 Å². The first-order valence-corrected chi connectivity index (χ1v) is 17.0. The van der Waals surface area contributed by atoms with E-state index in [0.717, 1.165) is 32.1 Å². The van der Waals surface area contributed by atoms with Crippen LogP contribution in [0.5, 0.6) is 0 Å². The van der Waals surface area contributed by atoms with E-state index in [1.807, 2.05) is 60.7 Å². The molecule has 2 bridgehead atoms. The third-order valence-corrected chi connectivity index (χ3v) is 10.4. The molecular formula is C37H52NO4+. The highest BCUT2D eigenvalue weighted by atomic mass is 16.6. The number of carbonyl (C=O) groups is 2. The van der Waals surface area contributed by atoms with Gasteiger partial charge in [0.05, 0.1) is 25.2 Å². The number of unbranched alkanes of at least 4 members (excludes halogenated alkanes) is 8. The topological polar surface area (TPSA) is 52.6 Å². The van der Waals surface area contributed by atoms with Crippen molar-refractivity contribution in [1.82, 2.24) is 0 Å². The van der Waals surface area contributed by atoms with E-state index in [-0.39, 0.29) is 12.1 Å². The number of ether oxygens (including phenoxy) is 2. The highest BCUT2D eigenvalue weighted by Gasteiger charge is 2.57. The molecule has 1 spiro atoms. The van der Waals surface area contributed by atoms with Gasteiger partial charge in [-0.1, -0.05) is 119 Å². The van der Waals surface area contributed by atoms with Crippen LogP contribution in [-0.4, -0.2) is 47.7 Å². The zero-order valence-electron chi connectivity index (χ0n) is 25.8. The van der Waals surface area contributed by atoms with Gasteiger partial charge in [0.15, 0.2) is 0 Å². The van der Waals surface area contributed by atoms with Gasteiger partial charge in [0, 0.05) is 56.1 Å². The highest BCUT2D eigenvalue weighted by molar-refractivity contribution is 5.89. The number of benzene rings is 2. The molecule has 3 heterocycles. The summed E-state index contributed by atoms with van der Waals surface area (Å²) < 4.78 is 14.0. The SMILES string of the molecule is CCCCCCCCCCCC(=O)OC(C(=O)OC1CC2CCC(C1)[N+]21CCCC1)(c1ccccc1)c1ccccc1. The molecule has 3 aliphatic rings. The van der Waals surface area contributed by atoms with Crippen LogP contribution < -0.4 is 0 Å². The lowest BCUT2D eigenvalue weighted by molar-refractivity contribution is -0.956. The minimum absolute atomic E-state index is 0.137. The number of piperidine rings is 1. The molecule has 0 radical (unpaired) electrons. The highest BCUT2D eigenvalue weighted by Crippen LogP contribution is 2.47. The number of quaternary nitrogens is 1. The van der Waals surface area contributed by atoms with Crippen LogP contribution in [0.1, 0.15) is 121 Å². The Morgan fingerprint density at radius 1 is 0.738 bits per heavy atom. The molecule has 0 N–H and O–H groups in total. The van der Waals surface area contributed by atoms with Crippen LogP contribution in [0.4, 0.5) is 0 Å². The summed E-state index contributed by atoms with van der Waals surface area (Å²) >= 11 is 0. The van der Waals surface area contributed by atoms with Gasteiger partial charge in [0.1, 0.15) is 6.10 Å². The summed E-state index contributed by atoms with van der Waals surface area (Å²) in [5, 5.41) is 0. The molecular weight excluding hydrogens is 522 g/mol. The Hall–Kier alpha value is -2.66. The van der Waals surface area contributed by atoms with Crippen LogP contribution in [-0.2, 0) is 24.7 Å². The minimum atomic E-state index is -1.62. The lowest BCUT2D eigenvalue weighted by atomic mass is 9.85. The van der Waals surface area contributed by atoms with Crippen LogP contribution in [0.15, 0.2) is 60.7 Å². The van der Waals surface area contributed by atoms with E-state index in [4.69, 9.17) is 9.47 Å². The molecule has 2 unspecified atom stereocenters. The normalized spacial score (nSPS) is 22.7. The maximum Gasteiger partial charge on any atom is 0.360 e. The van der Waals surface area contributed by atoms with Crippen molar-refractivity contribution >= 4 is 11.9 Å². The number of rotatable bonds is 15. The summed E-state index contributed by atoms with van der Waals surface area (Å²) in [6.45, 7) is 4.81. The van der Waals surface area contributed by atoms with Gasteiger partial charge in [-0.25, -0.2) is 4.79 Å². The summed E-state index contributed by atoms with van der Waals surface area (Å²) in [5.74, 6) is -0.799. The molecule has 5 rings (SSSR count). The minimum Gasteiger partial charge on any atom is -0.458 e. The van der Waals surface area contributed by atoms with E-state index in [1.165, 1.54) is 81.8 Å². The number of nitrogens with zero attached hydrogens (tertiary/aromatic N) is 1. The molecule has 228 valence electrons. The number of hydrogen-bond acceptors (Lipinski definition) is 4. The van der Waals surface area contributed by atoms with Gasteiger partial charge in [-0.15, -0.1) is 0 Å². The quantitative estimate of drug-likeness (QED) is 0.122. The van der Waals surface area contributed by atoms with Crippen molar-refractivity contribution in [3.05, 3.63) is 71.8 Å². The van der Waals surface area contributed by atoms with Crippen molar-refractivity contribution in [3.8, 4) is 0 Å². The van der Waals surface area contributed by atoms with Gasteiger partial charge < -0.3 is 14.0 Å². The molecule has 2 aromatic rings. The van der Waals surface area contributed by atoms with Gasteiger partial charge in [0.25, 0.3) is 5.60 Å². The molecule has 0 aromatic heterocycles. The van der Waals surface area contributed by atoms with Gasteiger partial charge in [0.2, 0.25) is 0 Å². The third kappa shape index (κ3) is 6.77. The maximum atomic E-state index is 14.4. The monoisotopic (exact) mass is 574 g/mol. The van der Waals surface area contributed by atoms with Crippen LogP contribution in [0.2, 0.25) is 0 Å². The zero-order chi connectivity index (χ0) is 29.3. The van der Waals surface area contributed by atoms with Crippen molar-refractivity contribution < 1.29 is 23.5 Å². The van der Waals surface area contributed by atoms with E-state index in [2.05, 4.69) is 6.92 Å². The zero-order valence-corrected chi connectivity index (χ0v) is 25.8. The van der Waals surface area contributed by atoms with Gasteiger partial charge in [-0.05, 0) is 6.42 Å². The Bertz CT molecular complexity index is 1070. The summed E-state index contributed by atoms with van der Waals surface area (Å²) in [6, 6.07) is 20.1. The average molecular weight is 575 g/mol. The summed E-state index contributed by atoms with van der Waals surface area (Å²) in [7, 11) is 0. The van der Waals surface area contributed by atoms with Gasteiger partial charge in [-0.3, -0.25) is 4.79 Å². The fourth-order valence-electron chi connectivity index (χ4n) is 8.25. The standard InChI is InChI=1S/C37H52NO4/c1-2-3-4-5-6-7-8-9-16-23-35(39)42-37(30-19-12-10-13-20-30,31-21-14-11-15-22-31)36(40)41-34-28-32-24-25-33(29-34)38(32)26-17-18-27-38/h10-15,19-22,32-34H,2-9,16-18,23-29H2,1H3/q+1. The van der Waals surface area contributed by atoms with Crippen LogP contribution in [0.25, 0.3) is 0 Å². The van der Waals surface area contributed by atoms with E-state index < -0.39 is 11.6 Å². The fraction of sp³-hybridized carbons (Fsp3) is 0.622. The first-order chi connectivity index (χ1) is 20.6. The summed E-state index contributed by atoms with van der Waals surface area (Å²) in [6.07, 6.45) is 17.7. The predicted molar refractivity (Wildman–Crippen MR) is 167 cm³/mol. The van der Waals surface area contributed by atoms with Crippen LogP contribution in [0.3, 0.4) is 0 Å². The lowest BCUT2D eigenvalue weighted by Gasteiger charge is -2.47. The van der Waals surface area contributed by atoms with E-state index in [0.29, 0.717) is 29.6 Å². The second-order valence-electron chi connectivity index (χ2n) is 13.1. The van der Waals surface area contributed by atoms with Crippen molar-refractivity contribution in [2.45, 2.75) is 133 Å². The van der Waals surface area contributed by atoms with E-state index in [9.17, 15) is 9.59 Å². The second kappa shape index (κ2) is 14.7. The number of esters is 2. The Morgan fingerprint density at radius 3 is 1.76 bits per heavy atom. The summed E-state index contributed by atoms with van der Waals surface area (Å²) in [4.78, 5) is 27.9. The van der Waals surface area contributed by atoms with Crippen LogP contribution >= 0.6 is 0 Å². The van der Waals surface area contributed by atoms with Crippen LogP contribution in [0, 0.1) is 0 Å². The van der Waals surface area contributed by atoms with E-state index in [1.54, 1.807) is 0 Å². The molecule has 3 aliphatic heterocycles. The Kier molecular flexibility index (Phi) is 10.8. The van der Waals surface area contributed by atoms with E-state index >= 15 is 0 Å². The van der Waals surface area contributed by atoms with Crippen molar-refractivity contribution in [1.29, 1.82) is 0 Å². The molecule has 3 saturated heterocycles. The Balaban J connectivity index is 1.29. The maximum absolute atomic E-state index is 14.4. The molecule has 42 heavy (non-hydrogen) atoms. The van der Waals surface area contributed by atoms with Crippen molar-refractivity contribution in [3.63, 3.8) is 0 Å². The van der Waals surface area contributed by atoms with Crippen molar-refractivity contribution in [2.75, 3.05) is 13.1 Å². The fourth-order valence-corrected chi connectivity index (χ4v) is 8.25. The van der Waals surface area contributed by atoms with Crippen molar-refractivity contribution in [2.24, 2.45) is 0 Å². The third-order valence-electron chi connectivity index (χ3n) is 10.4. The molecule has 2 atom stereocenters. The molecule has 5 nitrogen and oxygen atoms in total. The van der Waals surface area contributed by atoms with Gasteiger partial charge >= 0.3 is 11.9 Å². The Morgan fingerprint density at radius 2 is 1.24 bits per heavy atom. The molecule has 0 aliphatic carbocycles. The second-order valence-corrected chi connectivity index (χ2v) is 13.1. The molecule has 2 aromatic carbocycles.